The van der Waals surface area contributed by atoms with Gasteiger partial charge in [0.2, 0.25) is 0 Å². The molecule has 0 radical (unpaired) electrons. The number of piperazine rings is 1. The molecule has 1 heterocycles. The average molecular weight is 355 g/mol. The molecule has 0 saturated carbocycles. The van der Waals surface area contributed by atoms with Gasteiger partial charge in [0.15, 0.2) is 0 Å². The van der Waals surface area contributed by atoms with Crippen LogP contribution in [0.2, 0.25) is 0 Å². The Morgan fingerprint density at radius 3 is 2.40 bits per heavy atom. The van der Waals surface area contributed by atoms with Gasteiger partial charge in [0.25, 0.3) is 0 Å². The zero-order valence-corrected chi connectivity index (χ0v) is 12.3. The lowest BCUT2D eigenvalue weighted by Gasteiger charge is -2.34. The molecule has 1 aliphatic rings. The maximum absolute atomic E-state index is 13.3. The molecule has 1 atom stereocenters. The summed E-state index contributed by atoms with van der Waals surface area (Å²) in [7, 11) is 0. The highest BCUT2D eigenvalue weighted by molar-refractivity contribution is 9.10. The lowest BCUT2D eigenvalue weighted by atomic mass is 10.0. The van der Waals surface area contributed by atoms with E-state index in [0.717, 1.165) is 25.2 Å². The summed E-state index contributed by atoms with van der Waals surface area (Å²) in [4.78, 5) is 1.87. The molecule has 0 spiro atoms. The molecule has 7 heteroatoms. The van der Waals surface area contributed by atoms with Gasteiger partial charge in [-0.2, -0.15) is 13.2 Å². The number of hydrogen-bond donors (Lipinski definition) is 1. The van der Waals surface area contributed by atoms with Gasteiger partial charge < -0.3 is 5.32 Å². The van der Waals surface area contributed by atoms with E-state index in [2.05, 4.69) is 21.2 Å². The quantitative estimate of drug-likeness (QED) is 0.837. The summed E-state index contributed by atoms with van der Waals surface area (Å²) in [6.07, 6.45) is -4.43. The van der Waals surface area contributed by atoms with Gasteiger partial charge in [-0.05, 0) is 23.8 Å². The lowest BCUT2D eigenvalue weighted by Crippen LogP contribution is -2.45. The molecule has 0 amide bonds. The molecule has 1 saturated heterocycles. The monoisotopic (exact) mass is 354 g/mol. The molecule has 2 nitrogen and oxygen atoms in total. The predicted molar refractivity (Wildman–Crippen MR) is 72.3 cm³/mol. The second-order valence-corrected chi connectivity index (χ2v) is 5.64. The first-order valence-corrected chi connectivity index (χ1v) is 7.09. The van der Waals surface area contributed by atoms with Crippen LogP contribution in [-0.2, 0) is 6.18 Å². The van der Waals surface area contributed by atoms with Gasteiger partial charge in [-0.1, -0.05) is 15.9 Å². The van der Waals surface area contributed by atoms with E-state index < -0.39 is 24.5 Å². The Balaban J connectivity index is 2.31. The molecule has 0 aromatic heterocycles. The van der Waals surface area contributed by atoms with Crippen LogP contribution in [0, 0.1) is 0 Å². The van der Waals surface area contributed by atoms with E-state index in [-0.39, 0.29) is 0 Å². The van der Waals surface area contributed by atoms with Gasteiger partial charge in [0.1, 0.15) is 6.67 Å². The fourth-order valence-corrected chi connectivity index (χ4v) is 2.87. The molecule has 2 rings (SSSR count). The molecule has 0 bridgehead atoms. The molecule has 1 aromatic carbocycles. The number of nitrogens with one attached hydrogen (secondary N) is 1. The summed E-state index contributed by atoms with van der Waals surface area (Å²) >= 11 is 3.07. The van der Waals surface area contributed by atoms with Crippen LogP contribution in [0.5, 0.6) is 0 Å². The zero-order chi connectivity index (χ0) is 14.8. The maximum Gasteiger partial charge on any atom is 0.416 e. The summed E-state index contributed by atoms with van der Waals surface area (Å²) in [6, 6.07) is 2.98. The Bertz CT molecular complexity index is 458. The number of benzene rings is 1. The summed E-state index contributed by atoms with van der Waals surface area (Å²) < 4.78 is 52.1. The fraction of sp³-hybridized carbons (Fsp3) is 0.538. The van der Waals surface area contributed by atoms with Crippen LogP contribution >= 0.6 is 15.9 Å². The van der Waals surface area contributed by atoms with Crippen LogP contribution in [0.1, 0.15) is 17.2 Å². The van der Waals surface area contributed by atoms with Crippen LogP contribution < -0.4 is 5.32 Å². The summed E-state index contributed by atoms with van der Waals surface area (Å²) in [5.74, 6) is 0. The molecular weight excluding hydrogens is 340 g/mol. The molecule has 1 aromatic rings. The van der Waals surface area contributed by atoms with Gasteiger partial charge in [0.05, 0.1) is 11.6 Å². The molecule has 112 valence electrons. The SMILES string of the molecule is FC[C@@H](c1cc(Br)cc(C(F)(F)F)c1)N1CCNCC1. The van der Waals surface area contributed by atoms with Gasteiger partial charge in [-0.15, -0.1) is 0 Å². The number of alkyl halides is 4. The molecule has 1 aliphatic heterocycles. The topological polar surface area (TPSA) is 15.3 Å². The number of hydrogen-bond acceptors (Lipinski definition) is 2. The van der Waals surface area contributed by atoms with E-state index >= 15 is 0 Å². The van der Waals surface area contributed by atoms with Crippen LogP contribution in [0.4, 0.5) is 17.6 Å². The maximum atomic E-state index is 13.3. The Kier molecular flexibility index (Phi) is 5.04. The molecule has 1 fully saturated rings. The van der Waals surface area contributed by atoms with E-state index in [0.29, 0.717) is 23.1 Å². The second kappa shape index (κ2) is 6.41. The van der Waals surface area contributed by atoms with E-state index in [1.165, 1.54) is 0 Å². The molecule has 20 heavy (non-hydrogen) atoms. The number of nitrogens with zero attached hydrogens (tertiary/aromatic N) is 1. The molecule has 0 aliphatic carbocycles. The van der Waals surface area contributed by atoms with E-state index in [1.807, 2.05) is 4.90 Å². The first-order valence-electron chi connectivity index (χ1n) is 6.30. The Labute approximate surface area is 123 Å². The lowest BCUT2D eigenvalue weighted by molar-refractivity contribution is -0.137. The smallest absolute Gasteiger partial charge is 0.314 e. The minimum atomic E-state index is -4.43. The standard InChI is InChI=1S/C13H15BrF4N2/c14-11-6-9(5-10(7-11)13(16,17)18)12(8-15)20-3-1-19-2-4-20/h5-7,12,19H,1-4,8H2/t12-/m0/s1. The first kappa shape index (κ1) is 15.7. The van der Waals surface area contributed by atoms with E-state index in [9.17, 15) is 17.6 Å². The Morgan fingerprint density at radius 2 is 1.85 bits per heavy atom. The summed E-state index contributed by atoms with van der Waals surface area (Å²) in [6.45, 7) is 1.99. The summed E-state index contributed by atoms with van der Waals surface area (Å²) in [5.41, 5.74) is -0.397. The minimum Gasteiger partial charge on any atom is -0.314 e. The van der Waals surface area contributed by atoms with Crippen LogP contribution in [0.25, 0.3) is 0 Å². The van der Waals surface area contributed by atoms with Gasteiger partial charge >= 0.3 is 6.18 Å². The third-order valence-corrected chi connectivity index (χ3v) is 3.83. The van der Waals surface area contributed by atoms with Crippen molar-refractivity contribution in [3.05, 3.63) is 33.8 Å². The van der Waals surface area contributed by atoms with Crippen molar-refractivity contribution in [2.75, 3.05) is 32.9 Å². The van der Waals surface area contributed by atoms with Crippen molar-refractivity contribution in [1.29, 1.82) is 0 Å². The Hall–Kier alpha value is -0.660. The highest BCUT2D eigenvalue weighted by Crippen LogP contribution is 2.34. The fourth-order valence-electron chi connectivity index (χ4n) is 2.36. The average Bonchev–Trinajstić information content (AvgIpc) is 2.39. The normalized spacial score (nSPS) is 19.1. The predicted octanol–water partition coefficient (Wildman–Crippen LogP) is 3.38. The van der Waals surface area contributed by atoms with Crippen molar-refractivity contribution in [2.24, 2.45) is 0 Å². The van der Waals surface area contributed by atoms with Crippen molar-refractivity contribution in [3.63, 3.8) is 0 Å². The number of rotatable bonds is 3. The highest BCUT2D eigenvalue weighted by Gasteiger charge is 2.32. The van der Waals surface area contributed by atoms with E-state index in [4.69, 9.17) is 0 Å². The van der Waals surface area contributed by atoms with E-state index in [1.54, 1.807) is 6.07 Å². The van der Waals surface area contributed by atoms with Crippen molar-refractivity contribution >= 4 is 15.9 Å². The van der Waals surface area contributed by atoms with Gasteiger partial charge in [-0.25, -0.2) is 4.39 Å². The van der Waals surface area contributed by atoms with Crippen molar-refractivity contribution in [3.8, 4) is 0 Å². The summed E-state index contributed by atoms with van der Waals surface area (Å²) in [5, 5.41) is 3.14. The van der Waals surface area contributed by atoms with Crippen LogP contribution in [0.15, 0.2) is 22.7 Å². The molecular formula is C13H15BrF4N2. The number of halogens is 5. The third kappa shape index (κ3) is 3.71. The Morgan fingerprint density at radius 1 is 1.20 bits per heavy atom. The first-order chi connectivity index (χ1) is 9.41. The minimum absolute atomic E-state index is 0.316. The van der Waals surface area contributed by atoms with Crippen molar-refractivity contribution in [2.45, 2.75) is 12.2 Å². The third-order valence-electron chi connectivity index (χ3n) is 3.37. The van der Waals surface area contributed by atoms with Crippen molar-refractivity contribution < 1.29 is 17.6 Å². The van der Waals surface area contributed by atoms with Crippen LogP contribution in [-0.4, -0.2) is 37.8 Å². The largest absolute Gasteiger partial charge is 0.416 e. The molecule has 1 N–H and O–H groups in total. The van der Waals surface area contributed by atoms with Gasteiger partial charge in [-0.3, -0.25) is 4.90 Å². The van der Waals surface area contributed by atoms with Crippen molar-refractivity contribution in [1.82, 2.24) is 10.2 Å². The zero-order valence-electron chi connectivity index (χ0n) is 10.7. The second-order valence-electron chi connectivity index (χ2n) is 4.73. The van der Waals surface area contributed by atoms with Gasteiger partial charge in [0, 0.05) is 30.7 Å². The highest BCUT2D eigenvalue weighted by atomic mass is 79.9. The molecule has 0 unspecified atom stereocenters. The van der Waals surface area contributed by atoms with Crippen LogP contribution in [0.3, 0.4) is 0 Å².